The Balaban J connectivity index is 2.20. The van der Waals surface area contributed by atoms with Gasteiger partial charge in [0.15, 0.2) is 0 Å². The Morgan fingerprint density at radius 2 is 1.47 bits per heavy atom. The van der Waals surface area contributed by atoms with Crippen LogP contribution in [0.1, 0.15) is 19.4 Å². The van der Waals surface area contributed by atoms with Gasteiger partial charge in [-0.25, -0.2) is 0 Å². The summed E-state index contributed by atoms with van der Waals surface area (Å²) in [5.41, 5.74) is 8.70. The van der Waals surface area contributed by atoms with Gasteiger partial charge in [0.25, 0.3) is 0 Å². The first-order chi connectivity index (χ1) is 8.08. The van der Waals surface area contributed by atoms with Crippen LogP contribution in [-0.4, -0.2) is 0 Å². The SMILES string of the molecule is CC(C)(Nc1ccc(N)cc1)c1ccccc1. The van der Waals surface area contributed by atoms with Gasteiger partial charge in [0, 0.05) is 11.4 Å². The Labute approximate surface area is 102 Å². The molecule has 2 aromatic rings. The van der Waals surface area contributed by atoms with Crippen LogP contribution in [0, 0.1) is 0 Å². The summed E-state index contributed by atoms with van der Waals surface area (Å²) in [6, 6.07) is 18.2. The molecule has 0 saturated heterocycles. The average Bonchev–Trinajstić information content (AvgIpc) is 2.33. The Hall–Kier alpha value is -1.96. The quantitative estimate of drug-likeness (QED) is 0.784. The molecule has 17 heavy (non-hydrogen) atoms. The predicted molar refractivity (Wildman–Crippen MR) is 73.9 cm³/mol. The normalized spacial score (nSPS) is 11.2. The number of hydrogen-bond donors (Lipinski definition) is 2. The number of nitrogens with one attached hydrogen (secondary N) is 1. The Morgan fingerprint density at radius 3 is 2.06 bits per heavy atom. The molecular weight excluding hydrogens is 208 g/mol. The number of anilines is 2. The lowest BCUT2D eigenvalue weighted by Gasteiger charge is -2.28. The molecule has 0 aliphatic rings. The predicted octanol–water partition coefficient (Wildman–Crippen LogP) is 3.62. The minimum Gasteiger partial charge on any atom is -0.399 e. The van der Waals surface area contributed by atoms with Crippen LogP contribution in [0.5, 0.6) is 0 Å². The summed E-state index contributed by atoms with van der Waals surface area (Å²) in [6.45, 7) is 4.33. The monoisotopic (exact) mass is 226 g/mol. The second-order valence-electron chi connectivity index (χ2n) is 4.74. The van der Waals surface area contributed by atoms with Crippen LogP contribution < -0.4 is 11.1 Å². The molecule has 2 rings (SSSR count). The van der Waals surface area contributed by atoms with E-state index in [2.05, 4.69) is 43.4 Å². The van der Waals surface area contributed by atoms with Crippen LogP contribution in [-0.2, 0) is 5.54 Å². The van der Waals surface area contributed by atoms with Gasteiger partial charge in [-0.3, -0.25) is 0 Å². The highest BCUT2D eigenvalue weighted by molar-refractivity contribution is 5.53. The fraction of sp³-hybridized carbons (Fsp3) is 0.200. The second-order valence-corrected chi connectivity index (χ2v) is 4.74. The molecule has 3 N–H and O–H groups in total. The topological polar surface area (TPSA) is 38.0 Å². The molecule has 2 aromatic carbocycles. The Morgan fingerprint density at radius 1 is 0.882 bits per heavy atom. The zero-order valence-corrected chi connectivity index (χ0v) is 10.3. The number of rotatable bonds is 3. The first-order valence-electron chi connectivity index (χ1n) is 5.77. The number of hydrogen-bond acceptors (Lipinski definition) is 2. The average molecular weight is 226 g/mol. The molecule has 0 radical (unpaired) electrons. The molecule has 0 saturated carbocycles. The van der Waals surface area contributed by atoms with E-state index in [-0.39, 0.29) is 5.54 Å². The minimum atomic E-state index is -0.0998. The first-order valence-corrected chi connectivity index (χ1v) is 5.77. The highest BCUT2D eigenvalue weighted by Gasteiger charge is 2.19. The summed E-state index contributed by atoms with van der Waals surface area (Å²) in [5.74, 6) is 0. The summed E-state index contributed by atoms with van der Waals surface area (Å²) in [5, 5.41) is 3.51. The molecule has 0 unspecified atom stereocenters. The maximum atomic E-state index is 5.67. The molecule has 0 aromatic heterocycles. The molecule has 0 bridgehead atoms. The van der Waals surface area contributed by atoms with Gasteiger partial charge in [-0.15, -0.1) is 0 Å². The van der Waals surface area contributed by atoms with E-state index in [1.54, 1.807) is 0 Å². The molecular formula is C15H18N2. The standard InChI is InChI=1S/C15H18N2/c1-15(2,12-6-4-3-5-7-12)17-14-10-8-13(16)9-11-14/h3-11,17H,16H2,1-2H3. The lowest BCUT2D eigenvalue weighted by atomic mass is 9.94. The minimum absolute atomic E-state index is 0.0998. The van der Waals surface area contributed by atoms with Crippen molar-refractivity contribution in [1.29, 1.82) is 0 Å². The van der Waals surface area contributed by atoms with E-state index in [1.807, 2.05) is 30.3 Å². The van der Waals surface area contributed by atoms with E-state index < -0.39 is 0 Å². The van der Waals surface area contributed by atoms with Crippen LogP contribution in [0.15, 0.2) is 54.6 Å². The maximum Gasteiger partial charge on any atom is 0.0569 e. The van der Waals surface area contributed by atoms with Crippen molar-refractivity contribution in [1.82, 2.24) is 0 Å². The molecule has 0 aliphatic heterocycles. The fourth-order valence-corrected chi connectivity index (χ4v) is 1.85. The lowest BCUT2D eigenvalue weighted by molar-refractivity contribution is 0.609. The van der Waals surface area contributed by atoms with E-state index >= 15 is 0 Å². The van der Waals surface area contributed by atoms with Crippen molar-refractivity contribution in [2.24, 2.45) is 0 Å². The van der Waals surface area contributed by atoms with Crippen LogP contribution >= 0.6 is 0 Å². The van der Waals surface area contributed by atoms with E-state index in [1.165, 1.54) is 5.56 Å². The van der Waals surface area contributed by atoms with Gasteiger partial charge >= 0.3 is 0 Å². The van der Waals surface area contributed by atoms with Crippen molar-refractivity contribution < 1.29 is 0 Å². The number of nitrogens with two attached hydrogens (primary N) is 1. The zero-order valence-electron chi connectivity index (χ0n) is 10.3. The smallest absolute Gasteiger partial charge is 0.0569 e. The van der Waals surface area contributed by atoms with Gasteiger partial charge in [0.1, 0.15) is 0 Å². The number of nitrogen functional groups attached to an aromatic ring is 1. The molecule has 0 aliphatic carbocycles. The Bertz CT molecular complexity index is 472. The van der Waals surface area contributed by atoms with Crippen LogP contribution in [0.2, 0.25) is 0 Å². The van der Waals surface area contributed by atoms with Gasteiger partial charge < -0.3 is 11.1 Å². The van der Waals surface area contributed by atoms with Crippen molar-refractivity contribution in [3.8, 4) is 0 Å². The van der Waals surface area contributed by atoms with Gasteiger partial charge in [-0.2, -0.15) is 0 Å². The van der Waals surface area contributed by atoms with Crippen molar-refractivity contribution >= 4 is 11.4 Å². The summed E-state index contributed by atoms with van der Waals surface area (Å²) < 4.78 is 0. The van der Waals surface area contributed by atoms with Gasteiger partial charge in [0.05, 0.1) is 5.54 Å². The largest absolute Gasteiger partial charge is 0.399 e. The maximum absolute atomic E-state index is 5.67. The number of benzene rings is 2. The molecule has 88 valence electrons. The van der Waals surface area contributed by atoms with E-state index in [4.69, 9.17) is 5.73 Å². The Kier molecular flexibility index (Phi) is 3.05. The van der Waals surface area contributed by atoms with Crippen molar-refractivity contribution in [3.63, 3.8) is 0 Å². The summed E-state index contributed by atoms with van der Waals surface area (Å²) in [4.78, 5) is 0. The lowest BCUT2D eigenvalue weighted by Crippen LogP contribution is -2.27. The third kappa shape index (κ3) is 2.78. The summed E-state index contributed by atoms with van der Waals surface area (Å²) in [7, 11) is 0. The van der Waals surface area contributed by atoms with Crippen LogP contribution in [0.25, 0.3) is 0 Å². The van der Waals surface area contributed by atoms with E-state index in [0.717, 1.165) is 11.4 Å². The van der Waals surface area contributed by atoms with Crippen molar-refractivity contribution in [2.75, 3.05) is 11.1 Å². The molecule has 0 atom stereocenters. The summed E-state index contributed by atoms with van der Waals surface area (Å²) in [6.07, 6.45) is 0. The highest BCUT2D eigenvalue weighted by atomic mass is 15.0. The van der Waals surface area contributed by atoms with Gasteiger partial charge in [-0.1, -0.05) is 30.3 Å². The second kappa shape index (κ2) is 4.50. The molecule has 2 heteroatoms. The van der Waals surface area contributed by atoms with E-state index in [0.29, 0.717) is 0 Å². The molecule has 2 nitrogen and oxygen atoms in total. The molecule has 0 heterocycles. The third-order valence-corrected chi connectivity index (χ3v) is 2.86. The zero-order chi connectivity index (χ0) is 12.3. The molecule has 0 fully saturated rings. The van der Waals surface area contributed by atoms with Gasteiger partial charge in [0.2, 0.25) is 0 Å². The molecule has 0 amide bonds. The first kappa shape index (κ1) is 11.5. The highest BCUT2D eigenvalue weighted by Crippen LogP contribution is 2.25. The van der Waals surface area contributed by atoms with E-state index in [9.17, 15) is 0 Å². The van der Waals surface area contributed by atoms with Crippen molar-refractivity contribution in [3.05, 3.63) is 60.2 Å². The molecule has 0 spiro atoms. The van der Waals surface area contributed by atoms with Crippen LogP contribution in [0.3, 0.4) is 0 Å². The fourth-order valence-electron chi connectivity index (χ4n) is 1.85. The van der Waals surface area contributed by atoms with Gasteiger partial charge in [-0.05, 0) is 43.7 Å². The third-order valence-electron chi connectivity index (χ3n) is 2.86. The van der Waals surface area contributed by atoms with Crippen LogP contribution in [0.4, 0.5) is 11.4 Å². The summed E-state index contributed by atoms with van der Waals surface area (Å²) >= 11 is 0. The van der Waals surface area contributed by atoms with Crippen molar-refractivity contribution in [2.45, 2.75) is 19.4 Å².